The molecule has 0 spiro atoms. The number of rotatable bonds is 6. The largest absolute Gasteiger partial charge is 0.340 e. The summed E-state index contributed by atoms with van der Waals surface area (Å²) in [4.78, 5) is 27.9. The molecule has 0 unspecified atom stereocenters. The highest BCUT2D eigenvalue weighted by Crippen LogP contribution is 2.30. The average Bonchev–Trinajstić information content (AvgIpc) is 3.48. The molecule has 5 aromatic rings. The molecule has 0 saturated carbocycles. The minimum atomic E-state index is -3.10. The fraction of sp³-hybridized carbons (Fsp3) is 0.226. The second-order valence-corrected chi connectivity index (χ2v) is 12.6. The number of carbonyl (C=O) groups is 1. The molecule has 6 rings (SSSR count). The number of benzene rings is 3. The number of aryl methyl sites for hydroxylation is 1. The molecule has 0 atom stereocenters. The van der Waals surface area contributed by atoms with Crippen molar-refractivity contribution in [2.24, 2.45) is 0 Å². The van der Waals surface area contributed by atoms with Gasteiger partial charge in [-0.3, -0.25) is 9.78 Å². The molecule has 1 fully saturated rings. The molecule has 1 amide bonds. The number of fused-ring (bicyclic) bond motifs is 1. The highest BCUT2D eigenvalue weighted by molar-refractivity contribution is 7.91. The molecular formula is C31H28FN5O3S. The molecule has 41 heavy (non-hydrogen) atoms. The topological polar surface area (TPSA) is 98.0 Å². The number of halogens is 1. The molecule has 208 valence electrons. The first kappa shape index (κ1) is 26.8. The number of aromatic nitrogens is 4. The molecule has 2 aromatic heterocycles. The zero-order chi connectivity index (χ0) is 28.6. The molecule has 0 bridgehead atoms. The van der Waals surface area contributed by atoms with Gasteiger partial charge in [-0.2, -0.15) is 0 Å². The molecule has 10 heteroatoms. The summed E-state index contributed by atoms with van der Waals surface area (Å²) in [6, 6.07) is 16.6. The maximum absolute atomic E-state index is 15.2. The van der Waals surface area contributed by atoms with Crippen LogP contribution in [0.3, 0.4) is 0 Å². The van der Waals surface area contributed by atoms with Gasteiger partial charge < -0.3 is 9.47 Å². The number of hydrogen-bond donors (Lipinski definition) is 0. The minimum absolute atomic E-state index is 0.0561. The number of sulfone groups is 1. The van der Waals surface area contributed by atoms with Crippen LogP contribution < -0.4 is 0 Å². The summed E-state index contributed by atoms with van der Waals surface area (Å²) in [5, 5.41) is 0. The van der Waals surface area contributed by atoms with Crippen LogP contribution in [0, 0.1) is 12.7 Å². The Labute approximate surface area is 237 Å². The van der Waals surface area contributed by atoms with E-state index >= 15 is 4.39 Å². The van der Waals surface area contributed by atoms with Crippen molar-refractivity contribution in [1.82, 2.24) is 24.4 Å². The highest BCUT2D eigenvalue weighted by atomic mass is 32.2. The lowest BCUT2D eigenvalue weighted by molar-refractivity contribution is -0.130. The van der Waals surface area contributed by atoms with Crippen molar-refractivity contribution >= 4 is 26.8 Å². The number of nitrogens with zero attached hydrogens (tertiary/aromatic N) is 5. The number of para-hydroxylation sites is 1. The molecular weight excluding hydrogens is 541 g/mol. The summed E-state index contributed by atoms with van der Waals surface area (Å²) in [5.41, 5.74) is 6.95. The highest BCUT2D eigenvalue weighted by Gasteiger charge is 2.25. The van der Waals surface area contributed by atoms with Gasteiger partial charge in [0.2, 0.25) is 5.91 Å². The zero-order valence-corrected chi connectivity index (χ0v) is 23.3. The number of imidazole rings is 1. The molecule has 0 N–H and O–H groups in total. The molecule has 8 nitrogen and oxygen atoms in total. The van der Waals surface area contributed by atoms with E-state index in [4.69, 9.17) is 4.98 Å². The first-order chi connectivity index (χ1) is 19.8. The Hall–Kier alpha value is -4.44. The summed E-state index contributed by atoms with van der Waals surface area (Å²) < 4.78 is 40.6. The van der Waals surface area contributed by atoms with E-state index in [1.807, 2.05) is 35.0 Å². The Morgan fingerprint density at radius 3 is 2.51 bits per heavy atom. The number of amides is 1. The predicted octanol–water partition coefficient (Wildman–Crippen LogP) is 4.46. The van der Waals surface area contributed by atoms with E-state index in [9.17, 15) is 13.2 Å². The van der Waals surface area contributed by atoms with E-state index in [-0.39, 0.29) is 42.5 Å². The number of hydrogen-bond acceptors (Lipinski definition) is 6. The molecule has 0 radical (unpaired) electrons. The van der Waals surface area contributed by atoms with Gasteiger partial charge in [0.25, 0.3) is 0 Å². The van der Waals surface area contributed by atoms with Crippen LogP contribution in [0.15, 0.2) is 79.5 Å². The molecule has 3 heterocycles. The Morgan fingerprint density at radius 1 is 1.00 bits per heavy atom. The van der Waals surface area contributed by atoms with Gasteiger partial charge >= 0.3 is 0 Å². The van der Waals surface area contributed by atoms with Crippen LogP contribution in [0.2, 0.25) is 0 Å². The lowest BCUT2D eigenvalue weighted by atomic mass is 10.00. The van der Waals surface area contributed by atoms with Gasteiger partial charge in [-0.15, -0.1) is 0 Å². The lowest BCUT2D eigenvalue weighted by Crippen LogP contribution is -2.44. The van der Waals surface area contributed by atoms with Crippen molar-refractivity contribution in [3.8, 4) is 22.4 Å². The van der Waals surface area contributed by atoms with Gasteiger partial charge in [-0.25, -0.2) is 22.8 Å². The first-order valence-corrected chi connectivity index (χ1v) is 15.2. The fourth-order valence-corrected chi connectivity index (χ4v) is 6.31. The smallest absolute Gasteiger partial charge is 0.227 e. The normalized spacial score (nSPS) is 14.8. The maximum Gasteiger partial charge on any atom is 0.227 e. The van der Waals surface area contributed by atoms with Crippen LogP contribution >= 0.6 is 0 Å². The van der Waals surface area contributed by atoms with E-state index in [0.717, 1.165) is 23.2 Å². The van der Waals surface area contributed by atoms with Gasteiger partial charge in [0.05, 0.1) is 47.2 Å². The third-order valence-corrected chi connectivity index (χ3v) is 9.14. The van der Waals surface area contributed by atoms with Crippen molar-refractivity contribution < 1.29 is 17.6 Å². The third-order valence-electron chi connectivity index (χ3n) is 7.53. The molecule has 1 aliphatic heterocycles. The average molecular weight is 570 g/mol. The van der Waals surface area contributed by atoms with E-state index in [1.165, 1.54) is 16.5 Å². The van der Waals surface area contributed by atoms with Crippen LogP contribution in [0.25, 0.3) is 33.4 Å². The van der Waals surface area contributed by atoms with Crippen LogP contribution in [0.5, 0.6) is 0 Å². The fourth-order valence-electron chi connectivity index (χ4n) is 5.11. The summed E-state index contributed by atoms with van der Waals surface area (Å²) in [6.07, 6.45) is 7.11. The van der Waals surface area contributed by atoms with Crippen molar-refractivity contribution in [3.63, 3.8) is 0 Å². The second kappa shape index (κ2) is 10.9. The van der Waals surface area contributed by atoms with Crippen LogP contribution in [-0.4, -0.2) is 63.3 Å². The SMILES string of the molecule is Cc1cc(-c2cnc3cccc(-c4ccc(CC(=O)N5CCS(=O)(=O)CC5)c(F)c4)c3n2)ccc1Cn1ccnc1. The number of carbonyl (C=O) groups excluding carboxylic acids is 1. The van der Waals surface area contributed by atoms with Gasteiger partial charge in [-0.1, -0.05) is 36.4 Å². The van der Waals surface area contributed by atoms with Crippen LogP contribution in [0.4, 0.5) is 4.39 Å². The predicted molar refractivity (Wildman–Crippen MR) is 155 cm³/mol. The quantitative estimate of drug-likeness (QED) is 0.300. The van der Waals surface area contributed by atoms with Gasteiger partial charge in [0.1, 0.15) is 5.82 Å². The van der Waals surface area contributed by atoms with Crippen LogP contribution in [0.1, 0.15) is 16.7 Å². The summed E-state index contributed by atoms with van der Waals surface area (Å²) in [7, 11) is -3.10. The van der Waals surface area contributed by atoms with E-state index in [1.54, 1.807) is 30.9 Å². The summed E-state index contributed by atoms with van der Waals surface area (Å²) >= 11 is 0. The molecule has 1 aliphatic rings. The molecule has 1 saturated heterocycles. The van der Waals surface area contributed by atoms with E-state index < -0.39 is 15.7 Å². The third kappa shape index (κ3) is 5.74. The monoisotopic (exact) mass is 569 g/mol. The van der Waals surface area contributed by atoms with Crippen LogP contribution in [-0.2, 0) is 27.6 Å². The van der Waals surface area contributed by atoms with Gasteiger partial charge in [0.15, 0.2) is 9.84 Å². The van der Waals surface area contributed by atoms with Gasteiger partial charge in [-0.05, 0) is 47.4 Å². The summed E-state index contributed by atoms with van der Waals surface area (Å²) in [5.74, 6) is -0.886. The molecule has 0 aliphatic carbocycles. The summed E-state index contributed by atoms with van der Waals surface area (Å²) in [6.45, 7) is 3.08. The lowest BCUT2D eigenvalue weighted by Gasteiger charge is -2.26. The second-order valence-electron chi connectivity index (χ2n) is 10.3. The van der Waals surface area contributed by atoms with Crippen molar-refractivity contribution in [3.05, 3.63) is 102 Å². The Bertz CT molecular complexity index is 1860. The Morgan fingerprint density at radius 2 is 1.78 bits per heavy atom. The van der Waals surface area contributed by atoms with E-state index in [2.05, 4.69) is 29.0 Å². The Kier molecular flexibility index (Phi) is 7.08. The van der Waals surface area contributed by atoms with Gasteiger partial charge in [0, 0.05) is 43.2 Å². The molecule has 3 aromatic carbocycles. The van der Waals surface area contributed by atoms with Crippen molar-refractivity contribution in [2.45, 2.75) is 19.9 Å². The van der Waals surface area contributed by atoms with Crippen molar-refractivity contribution in [1.29, 1.82) is 0 Å². The zero-order valence-electron chi connectivity index (χ0n) is 22.5. The first-order valence-electron chi connectivity index (χ1n) is 13.3. The minimum Gasteiger partial charge on any atom is -0.340 e. The maximum atomic E-state index is 15.2. The van der Waals surface area contributed by atoms with E-state index in [0.29, 0.717) is 22.3 Å². The Balaban J connectivity index is 1.26. The standard InChI is InChI=1S/C31H28FN5O3S/c1-21-15-24(7-8-25(21)19-36-10-9-33-20-36)29-18-34-28-4-2-3-26(31(28)35-29)22-5-6-23(27(32)16-22)17-30(38)37-11-13-41(39,40)14-12-37/h2-10,15-16,18,20H,11-14,17,19H2,1H3. The van der Waals surface area contributed by atoms with Crippen molar-refractivity contribution in [2.75, 3.05) is 24.6 Å².